The van der Waals surface area contributed by atoms with Crippen LogP contribution in [0.4, 0.5) is 34.1 Å². The molecule has 0 saturated heterocycles. The van der Waals surface area contributed by atoms with Gasteiger partial charge in [0.1, 0.15) is 0 Å². The van der Waals surface area contributed by atoms with E-state index in [9.17, 15) is 0 Å². The van der Waals surface area contributed by atoms with Crippen molar-refractivity contribution in [3.8, 4) is 0 Å². The molecule has 0 N–H and O–H groups in total. The third-order valence-electron chi connectivity index (χ3n) is 11.9. The molecule has 0 unspecified atom stereocenters. The molecule has 0 fully saturated rings. The number of aryl methyl sites for hydroxylation is 2. The van der Waals surface area contributed by atoms with Crippen LogP contribution >= 0.6 is 0 Å². The maximum atomic E-state index is 9.00. The average Bonchev–Trinajstić information content (AvgIpc) is 4.14. The van der Waals surface area contributed by atoms with Gasteiger partial charge in [-0.05, 0) is 111 Å². The Morgan fingerprint density at radius 1 is 0.350 bits per heavy atom. The molecule has 4 heteroatoms. The molecule has 13 rings (SSSR count). The van der Waals surface area contributed by atoms with Crippen molar-refractivity contribution in [2.75, 3.05) is 9.80 Å². The molecule has 9 aromatic carbocycles. The summed E-state index contributed by atoms with van der Waals surface area (Å²) in [6, 6.07) is 35.5. The lowest BCUT2D eigenvalue weighted by atomic mass is 10.0. The highest BCUT2D eigenvalue weighted by molar-refractivity contribution is 6.29. The number of hydrogen-bond donors (Lipinski definition) is 0. The van der Waals surface area contributed by atoms with Crippen molar-refractivity contribution in [1.82, 2.24) is 8.80 Å². The van der Waals surface area contributed by atoms with Gasteiger partial charge in [-0.1, -0.05) is 108 Å². The fourth-order valence-corrected chi connectivity index (χ4v) is 9.45. The van der Waals surface area contributed by atoms with E-state index in [1.165, 1.54) is 24.3 Å². The Morgan fingerprint density at radius 3 is 1.10 bits per heavy atom. The molecular formula is C56H38N4. The number of aromatic nitrogens is 2. The van der Waals surface area contributed by atoms with Crippen LogP contribution in [-0.4, -0.2) is 8.80 Å². The molecule has 4 nitrogen and oxygen atoms in total. The summed E-state index contributed by atoms with van der Waals surface area (Å²) in [5, 5.41) is 7.49. The molecule has 0 aliphatic rings. The van der Waals surface area contributed by atoms with Gasteiger partial charge in [0, 0.05) is 85.4 Å². The molecule has 0 bridgehead atoms. The first-order valence-electron chi connectivity index (χ1n) is 27.4. The first kappa shape index (κ1) is 21.3. The molecule has 0 aliphatic carbocycles. The smallest absolute Gasteiger partial charge is 0.0645 e. The van der Waals surface area contributed by atoms with E-state index in [2.05, 4.69) is 33.1 Å². The van der Waals surface area contributed by atoms with Gasteiger partial charge in [-0.25, -0.2) is 0 Å². The van der Waals surface area contributed by atoms with Crippen molar-refractivity contribution in [3.05, 3.63) is 205 Å². The molecule has 0 atom stereocenters. The Bertz CT molecular complexity index is 4260. The number of fused-ring (bicyclic) bond motifs is 12. The number of nitrogens with zero attached hydrogens (tertiary/aromatic N) is 4. The summed E-state index contributed by atoms with van der Waals surface area (Å²) in [6.07, 6.45) is 0. The number of para-hydroxylation sites is 4. The Labute approximate surface area is 369 Å². The second kappa shape index (κ2) is 12.3. The maximum Gasteiger partial charge on any atom is 0.0645 e. The number of anilines is 6. The number of benzene rings is 9. The third-order valence-corrected chi connectivity index (χ3v) is 11.9. The minimum Gasteiger partial charge on any atom is -0.310 e. The molecule has 4 aromatic heterocycles. The summed E-state index contributed by atoms with van der Waals surface area (Å²) in [7, 11) is 0. The molecule has 4 heterocycles. The molecule has 60 heavy (non-hydrogen) atoms. The van der Waals surface area contributed by atoms with Crippen molar-refractivity contribution in [2.24, 2.45) is 0 Å². The van der Waals surface area contributed by atoms with Crippen molar-refractivity contribution >= 4 is 110 Å². The van der Waals surface area contributed by atoms with Gasteiger partial charge in [0.2, 0.25) is 0 Å². The Hall–Kier alpha value is -7.82. The van der Waals surface area contributed by atoms with E-state index in [4.69, 9.17) is 21.9 Å². The summed E-state index contributed by atoms with van der Waals surface area (Å²) < 4.78 is 139. The number of hydrogen-bond acceptors (Lipinski definition) is 2. The first-order valence-corrected chi connectivity index (χ1v) is 19.4. The van der Waals surface area contributed by atoms with E-state index in [1.807, 2.05) is 60.7 Å². The predicted molar refractivity (Wildman–Crippen MR) is 255 cm³/mol. The van der Waals surface area contributed by atoms with Crippen LogP contribution in [-0.2, 0) is 0 Å². The quantitative estimate of drug-likeness (QED) is 0.167. The average molecular weight is 783 g/mol. The Morgan fingerprint density at radius 2 is 0.717 bits per heavy atom. The normalized spacial score (nSPS) is 16.4. The van der Waals surface area contributed by atoms with Gasteiger partial charge in [-0.2, -0.15) is 0 Å². The lowest BCUT2D eigenvalue weighted by Gasteiger charge is -2.25. The minimum atomic E-state index is -2.38. The summed E-state index contributed by atoms with van der Waals surface area (Å²) in [5.41, 5.74) is 7.38. The fourth-order valence-electron chi connectivity index (χ4n) is 9.45. The minimum absolute atomic E-state index is 0.0832. The molecule has 13 aromatic rings. The standard InChI is InChI=1S/C56H38N4/c1-35-19-23-39(24-20-35)57(37-11-5-3-6-12-37)41-27-29-51-47(31-41)43-15-9-17-45-49-34-54-50(33-53(49)59(51)55(43)45)46-18-10-16-44-48-32-42(28-30-52(48)60(54)56(44)46)58(38-13-7-4-8-14-38)40-25-21-36(2)22-26-40/h3-34H,1-2H3/i1D3,2D3,3D,4D,5D,6D,7D,8D,11D,12D,13D,14D. The van der Waals surface area contributed by atoms with E-state index in [0.29, 0.717) is 22.7 Å². The first-order chi connectivity index (χ1) is 36.1. The summed E-state index contributed by atoms with van der Waals surface area (Å²) in [5.74, 6) is 0. The number of rotatable bonds is 6. The topological polar surface area (TPSA) is 15.3 Å². The van der Waals surface area contributed by atoms with Crippen molar-refractivity contribution in [1.29, 1.82) is 0 Å². The van der Waals surface area contributed by atoms with Gasteiger partial charge in [-0.15, -0.1) is 0 Å². The second-order valence-electron chi connectivity index (χ2n) is 15.1. The molecule has 0 radical (unpaired) electrons. The van der Waals surface area contributed by atoms with Gasteiger partial charge in [-0.3, -0.25) is 0 Å². The van der Waals surface area contributed by atoms with Gasteiger partial charge >= 0.3 is 0 Å². The van der Waals surface area contributed by atoms with Crippen LogP contribution in [0, 0.1) is 13.7 Å². The molecule has 282 valence electrons. The third kappa shape index (κ3) is 4.61. The van der Waals surface area contributed by atoms with Crippen molar-refractivity contribution in [2.45, 2.75) is 13.7 Å². The van der Waals surface area contributed by atoms with Crippen LogP contribution in [0.1, 0.15) is 33.1 Å². The van der Waals surface area contributed by atoms with Crippen LogP contribution in [0.25, 0.3) is 76.2 Å². The molecule has 0 aliphatic heterocycles. The lowest BCUT2D eigenvalue weighted by molar-refractivity contribution is 1.28. The Balaban J connectivity index is 1.01. The predicted octanol–water partition coefficient (Wildman–Crippen LogP) is 15.5. The van der Waals surface area contributed by atoms with Gasteiger partial charge in [0.15, 0.2) is 0 Å². The van der Waals surface area contributed by atoms with E-state index in [-0.39, 0.29) is 22.5 Å². The summed E-state index contributed by atoms with van der Waals surface area (Å²) in [4.78, 5) is 3.16. The molecular weight excluding hydrogens is 729 g/mol. The van der Waals surface area contributed by atoms with Crippen LogP contribution in [0.2, 0.25) is 0 Å². The zero-order valence-electron chi connectivity index (χ0n) is 47.5. The zero-order valence-corrected chi connectivity index (χ0v) is 31.5. The van der Waals surface area contributed by atoms with Crippen molar-refractivity contribution in [3.63, 3.8) is 0 Å². The monoisotopic (exact) mass is 782 g/mol. The van der Waals surface area contributed by atoms with Gasteiger partial charge in [0.05, 0.1) is 46.8 Å². The summed E-state index contributed by atoms with van der Waals surface area (Å²) >= 11 is 0. The van der Waals surface area contributed by atoms with E-state index < -0.39 is 74.1 Å². The highest BCUT2D eigenvalue weighted by Gasteiger charge is 2.24. The van der Waals surface area contributed by atoms with Gasteiger partial charge < -0.3 is 18.6 Å². The molecule has 0 spiro atoms. The zero-order chi connectivity index (χ0) is 53.3. The Kier molecular flexibility index (Phi) is 4.37. The highest BCUT2D eigenvalue weighted by Crippen LogP contribution is 2.47. The largest absolute Gasteiger partial charge is 0.310 e. The van der Waals surface area contributed by atoms with E-state index >= 15 is 0 Å². The highest BCUT2D eigenvalue weighted by atomic mass is 15.1. The van der Waals surface area contributed by atoms with Crippen LogP contribution in [0.15, 0.2) is 194 Å². The van der Waals surface area contributed by atoms with Crippen LogP contribution in [0.5, 0.6) is 0 Å². The van der Waals surface area contributed by atoms with E-state index in [1.54, 1.807) is 34.1 Å². The van der Waals surface area contributed by atoms with E-state index in [0.717, 1.165) is 76.2 Å². The lowest BCUT2D eigenvalue weighted by Crippen LogP contribution is -2.09. The van der Waals surface area contributed by atoms with Crippen molar-refractivity contribution < 1.29 is 21.9 Å². The second-order valence-corrected chi connectivity index (χ2v) is 15.1. The van der Waals surface area contributed by atoms with Gasteiger partial charge in [0.25, 0.3) is 0 Å². The maximum absolute atomic E-state index is 9.00. The van der Waals surface area contributed by atoms with Crippen LogP contribution < -0.4 is 9.80 Å². The SMILES string of the molecule is [2H]c1c([2H])c([2H])c(N(c2ccc(C([2H])([2H])[2H])cc2)c2ccc3c(c2)c2cccc4c5cc6c(cc5n3c24)c2cccc3c4cc(N(c5ccc(C([2H])([2H])[2H])cc5)c5c([2H])c([2H])c([2H])c([2H])c5[2H])ccc4n6c32)c([2H])c1[2H]. The fraction of sp³-hybridized carbons (Fsp3) is 0.0357. The van der Waals surface area contributed by atoms with Crippen LogP contribution in [0.3, 0.4) is 0 Å². The molecule has 0 amide bonds. The molecule has 0 saturated carbocycles. The summed E-state index contributed by atoms with van der Waals surface area (Å²) in [6.45, 7) is -4.77.